The molecule has 0 saturated heterocycles. The Morgan fingerprint density at radius 1 is 0.321 bits per heavy atom. The molecule has 0 bridgehead atoms. The smallest absolute Gasteiger partial charge is 0.160 e. The van der Waals surface area contributed by atoms with Gasteiger partial charge in [0.05, 0.1) is 17.1 Å². The molecule has 0 unspecified atom stereocenters. The summed E-state index contributed by atoms with van der Waals surface area (Å²) < 4.78 is 5.17. The van der Waals surface area contributed by atoms with Crippen molar-refractivity contribution in [2.75, 3.05) is 0 Å². The Hall–Kier alpha value is -6.86. The van der Waals surface area contributed by atoms with Gasteiger partial charge < -0.3 is 0 Å². The van der Waals surface area contributed by atoms with Gasteiger partial charge in [-0.1, -0.05) is 103 Å². The van der Waals surface area contributed by atoms with Gasteiger partial charge in [0.25, 0.3) is 0 Å². The summed E-state index contributed by atoms with van der Waals surface area (Å²) in [5.41, 5.74) is 11.2. The molecule has 0 fully saturated rings. The third-order valence-electron chi connectivity index (χ3n) is 10.5. The van der Waals surface area contributed by atoms with E-state index in [1.54, 1.807) is 12.5 Å². The Bertz CT molecular complexity index is 3110. The van der Waals surface area contributed by atoms with E-state index in [0.29, 0.717) is 5.82 Å². The summed E-state index contributed by atoms with van der Waals surface area (Å²) in [7, 11) is 0. The van der Waals surface area contributed by atoms with E-state index < -0.39 is 0 Å². The first-order valence-corrected chi connectivity index (χ1v) is 20.1. The van der Waals surface area contributed by atoms with E-state index in [2.05, 4.69) is 168 Å². The number of benzene rings is 7. The van der Waals surface area contributed by atoms with E-state index in [4.69, 9.17) is 9.97 Å². The molecule has 56 heavy (non-hydrogen) atoms. The molecular weight excluding hydrogens is 721 g/mol. The highest BCUT2D eigenvalue weighted by atomic mass is 32.1. The van der Waals surface area contributed by atoms with E-state index >= 15 is 0 Å². The summed E-state index contributed by atoms with van der Waals surface area (Å²) in [6, 6.07) is 60.7. The maximum absolute atomic E-state index is 5.30. The summed E-state index contributed by atoms with van der Waals surface area (Å²) in [4.78, 5) is 19.1. The van der Waals surface area contributed by atoms with Gasteiger partial charge in [-0.2, -0.15) is 0 Å². The predicted octanol–water partition coefficient (Wildman–Crippen LogP) is 14.0. The zero-order chi connectivity index (χ0) is 37.0. The maximum Gasteiger partial charge on any atom is 0.160 e. The average molecular weight is 751 g/mol. The maximum atomic E-state index is 5.30. The standard InChI is InChI=1S/C50H30N4S2/c1-2-8-31(9-3-1)44-29-45(33-16-14-32(15-17-33)43-22-23-51-30-52-43)54-50(53-44)38-25-36(34-18-20-48-41(27-34)39-10-4-6-12-46(39)55-48)24-37(26-38)35-19-21-49-42(28-35)40-11-5-7-13-47(40)56-49/h1-30H. The minimum absolute atomic E-state index is 0.674. The molecule has 0 spiro atoms. The third kappa shape index (κ3) is 5.84. The molecule has 0 saturated carbocycles. The molecular formula is C50H30N4S2. The molecule has 0 N–H and O–H groups in total. The third-order valence-corrected chi connectivity index (χ3v) is 12.8. The molecule has 7 aromatic carbocycles. The number of aromatic nitrogens is 4. The zero-order valence-electron chi connectivity index (χ0n) is 29.9. The van der Waals surface area contributed by atoms with Crippen LogP contribution in [-0.2, 0) is 0 Å². The lowest BCUT2D eigenvalue weighted by molar-refractivity contribution is 1.17. The highest BCUT2D eigenvalue weighted by molar-refractivity contribution is 7.26. The number of fused-ring (bicyclic) bond motifs is 6. The minimum atomic E-state index is 0.674. The van der Waals surface area contributed by atoms with Crippen LogP contribution in [0.3, 0.4) is 0 Å². The van der Waals surface area contributed by atoms with Gasteiger partial charge in [0.15, 0.2) is 5.82 Å². The van der Waals surface area contributed by atoms with Gasteiger partial charge >= 0.3 is 0 Å². The van der Waals surface area contributed by atoms with Crippen molar-refractivity contribution >= 4 is 63.0 Å². The SMILES string of the molecule is c1ccc(-c2cc(-c3ccc(-c4ccncn4)cc3)nc(-c3cc(-c4ccc5sc6ccccc6c5c4)cc(-c4ccc5sc6ccccc6c5c4)c3)n2)cc1. The predicted molar refractivity (Wildman–Crippen MR) is 236 cm³/mol. The van der Waals surface area contributed by atoms with Crippen molar-refractivity contribution in [3.8, 4) is 67.4 Å². The number of rotatable bonds is 6. The summed E-state index contributed by atoms with van der Waals surface area (Å²) in [5, 5.41) is 5.12. The van der Waals surface area contributed by atoms with Crippen LogP contribution in [0.2, 0.25) is 0 Å². The fourth-order valence-corrected chi connectivity index (χ4v) is 9.83. The highest BCUT2D eigenvalue weighted by Gasteiger charge is 2.16. The molecule has 0 atom stereocenters. The Morgan fingerprint density at radius 3 is 1.38 bits per heavy atom. The quantitative estimate of drug-likeness (QED) is 0.170. The molecule has 6 heteroatoms. The largest absolute Gasteiger partial charge is 0.245 e. The molecule has 262 valence electrons. The number of hydrogen-bond acceptors (Lipinski definition) is 6. The molecule has 11 rings (SSSR count). The first-order valence-electron chi connectivity index (χ1n) is 18.5. The van der Waals surface area contributed by atoms with Crippen molar-refractivity contribution in [3.63, 3.8) is 0 Å². The molecule has 4 nitrogen and oxygen atoms in total. The Morgan fingerprint density at radius 2 is 0.804 bits per heavy atom. The second-order valence-corrected chi connectivity index (χ2v) is 16.1. The van der Waals surface area contributed by atoms with Crippen LogP contribution >= 0.6 is 22.7 Å². The molecule has 0 aliphatic heterocycles. The average Bonchev–Trinajstić information content (AvgIpc) is 3.84. The van der Waals surface area contributed by atoms with Gasteiger partial charge in [0, 0.05) is 68.8 Å². The van der Waals surface area contributed by atoms with Crippen LogP contribution in [0.15, 0.2) is 182 Å². The van der Waals surface area contributed by atoms with E-state index in [1.807, 2.05) is 34.8 Å². The number of thiophene rings is 2. The van der Waals surface area contributed by atoms with E-state index in [0.717, 1.165) is 61.6 Å². The highest BCUT2D eigenvalue weighted by Crippen LogP contribution is 2.41. The Balaban J connectivity index is 1.11. The van der Waals surface area contributed by atoms with Crippen LogP contribution in [-0.4, -0.2) is 19.9 Å². The summed E-state index contributed by atoms with van der Waals surface area (Å²) in [6.45, 7) is 0. The van der Waals surface area contributed by atoms with Crippen LogP contribution in [0.4, 0.5) is 0 Å². The molecule has 0 aliphatic rings. The summed E-state index contributed by atoms with van der Waals surface area (Å²) in [5.74, 6) is 0.674. The van der Waals surface area contributed by atoms with Crippen LogP contribution in [0.25, 0.3) is 108 Å². The molecule has 11 aromatic rings. The molecule has 4 heterocycles. The lowest BCUT2D eigenvalue weighted by atomic mass is 9.94. The fraction of sp³-hybridized carbons (Fsp3) is 0. The van der Waals surface area contributed by atoms with Gasteiger partial charge in [-0.25, -0.2) is 19.9 Å². The van der Waals surface area contributed by atoms with Crippen LogP contribution in [0.5, 0.6) is 0 Å². The van der Waals surface area contributed by atoms with E-state index in [1.165, 1.54) is 40.3 Å². The normalized spacial score (nSPS) is 11.6. The summed E-state index contributed by atoms with van der Waals surface area (Å²) >= 11 is 3.68. The molecule has 0 aliphatic carbocycles. The van der Waals surface area contributed by atoms with Gasteiger partial charge in [0.2, 0.25) is 0 Å². The summed E-state index contributed by atoms with van der Waals surface area (Å²) in [6.07, 6.45) is 3.35. The number of hydrogen-bond donors (Lipinski definition) is 0. The lowest BCUT2D eigenvalue weighted by Gasteiger charge is -2.13. The minimum Gasteiger partial charge on any atom is -0.245 e. The molecule has 0 amide bonds. The second-order valence-electron chi connectivity index (χ2n) is 13.9. The van der Waals surface area contributed by atoms with Gasteiger partial charge in [-0.05, 0) is 89.0 Å². The van der Waals surface area contributed by atoms with E-state index in [-0.39, 0.29) is 0 Å². The Kier molecular flexibility index (Phi) is 7.83. The van der Waals surface area contributed by atoms with Crippen molar-refractivity contribution in [2.24, 2.45) is 0 Å². The van der Waals surface area contributed by atoms with Gasteiger partial charge in [-0.15, -0.1) is 22.7 Å². The van der Waals surface area contributed by atoms with Crippen molar-refractivity contribution in [1.29, 1.82) is 0 Å². The van der Waals surface area contributed by atoms with Gasteiger partial charge in [-0.3, -0.25) is 0 Å². The Labute approximate surface area is 331 Å². The second kappa shape index (κ2) is 13.5. The van der Waals surface area contributed by atoms with Crippen molar-refractivity contribution in [2.45, 2.75) is 0 Å². The van der Waals surface area contributed by atoms with Gasteiger partial charge in [0.1, 0.15) is 6.33 Å². The van der Waals surface area contributed by atoms with Crippen LogP contribution < -0.4 is 0 Å². The van der Waals surface area contributed by atoms with Crippen molar-refractivity contribution in [3.05, 3.63) is 182 Å². The van der Waals surface area contributed by atoms with Crippen molar-refractivity contribution < 1.29 is 0 Å². The van der Waals surface area contributed by atoms with Crippen molar-refractivity contribution in [1.82, 2.24) is 19.9 Å². The number of nitrogens with zero attached hydrogens (tertiary/aromatic N) is 4. The van der Waals surface area contributed by atoms with E-state index in [9.17, 15) is 0 Å². The van der Waals surface area contributed by atoms with Crippen LogP contribution in [0, 0.1) is 0 Å². The fourth-order valence-electron chi connectivity index (χ4n) is 7.66. The molecule has 4 aromatic heterocycles. The molecule has 0 radical (unpaired) electrons. The first-order chi connectivity index (χ1) is 27.7. The monoisotopic (exact) mass is 750 g/mol. The zero-order valence-corrected chi connectivity index (χ0v) is 31.6. The topological polar surface area (TPSA) is 51.6 Å². The lowest BCUT2D eigenvalue weighted by Crippen LogP contribution is -1.97. The first kappa shape index (κ1) is 32.6. The van der Waals surface area contributed by atoms with Crippen LogP contribution in [0.1, 0.15) is 0 Å².